The van der Waals surface area contributed by atoms with Crippen molar-refractivity contribution in [1.82, 2.24) is 20.4 Å². The van der Waals surface area contributed by atoms with E-state index in [1.165, 1.54) is 12.8 Å². The van der Waals surface area contributed by atoms with Crippen LogP contribution in [0.15, 0.2) is 6.07 Å². The molecule has 1 aliphatic rings. The summed E-state index contributed by atoms with van der Waals surface area (Å²) in [5, 5.41) is 10.5. The molecule has 100 valence electrons. The molecule has 5 nitrogen and oxygen atoms in total. The zero-order valence-electron chi connectivity index (χ0n) is 11.2. The molecule has 5 heteroatoms. The minimum Gasteiger partial charge on any atom is -0.351 e. The van der Waals surface area contributed by atoms with Crippen LogP contribution in [0.1, 0.15) is 35.4 Å². The molecule has 1 fully saturated rings. The van der Waals surface area contributed by atoms with Gasteiger partial charge in [0.15, 0.2) is 0 Å². The Morgan fingerprint density at radius 1 is 1.67 bits per heavy atom. The number of amides is 1. The van der Waals surface area contributed by atoms with Gasteiger partial charge in [-0.05, 0) is 51.3 Å². The van der Waals surface area contributed by atoms with E-state index in [-0.39, 0.29) is 5.91 Å². The molecule has 1 amide bonds. The first-order valence-corrected chi connectivity index (χ1v) is 6.66. The molecule has 1 aromatic heterocycles. The van der Waals surface area contributed by atoms with Gasteiger partial charge in [0.1, 0.15) is 5.69 Å². The summed E-state index contributed by atoms with van der Waals surface area (Å²) in [6, 6.07) is 1.82. The molecule has 2 heterocycles. The zero-order valence-corrected chi connectivity index (χ0v) is 11.2. The summed E-state index contributed by atoms with van der Waals surface area (Å²) in [5.41, 5.74) is 1.51. The van der Waals surface area contributed by atoms with Crippen LogP contribution in [-0.4, -0.2) is 35.3 Å². The number of carbonyl (C=O) groups excluding carboxylic acids is 1. The molecule has 0 bridgehead atoms. The highest BCUT2D eigenvalue weighted by atomic mass is 16.1. The summed E-state index contributed by atoms with van der Waals surface area (Å²) in [5.74, 6) is 0.631. The molecule has 1 aromatic rings. The maximum absolute atomic E-state index is 11.8. The van der Waals surface area contributed by atoms with Gasteiger partial charge in [-0.15, -0.1) is 0 Å². The van der Waals surface area contributed by atoms with Crippen molar-refractivity contribution in [2.24, 2.45) is 13.0 Å². The molecular formula is C13H22N4O. The zero-order chi connectivity index (χ0) is 13.0. The molecule has 0 saturated carbocycles. The second-order valence-corrected chi connectivity index (χ2v) is 5.05. The number of carbonyl (C=O) groups is 1. The van der Waals surface area contributed by atoms with Gasteiger partial charge in [-0.3, -0.25) is 9.48 Å². The molecule has 1 unspecified atom stereocenters. The Hall–Kier alpha value is -1.36. The normalized spacial score (nSPS) is 19.8. The minimum absolute atomic E-state index is 0.0672. The van der Waals surface area contributed by atoms with E-state index in [9.17, 15) is 4.79 Å². The van der Waals surface area contributed by atoms with Crippen LogP contribution < -0.4 is 10.6 Å². The lowest BCUT2D eigenvalue weighted by Crippen LogP contribution is -2.33. The highest BCUT2D eigenvalue weighted by Gasteiger charge is 2.14. The van der Waals surface area contributed by atoms with Crippen LogP contribution in [0.4, 0.5) is 0 Å². The molecule has 18 heavy (non-hydrogen) atoms. The Morgan fingerprint density at radius 2 is 2.50 bits per heavy atom. The third kappa shape index (κ3) is 3.32. The Balaban J connectivity index is 1.74. The van der Waals surface area contributed by atoms with Gasteiger partial charge >= 0.3 is 0 Å². The molecule has 1 atom stereocenters. The molecule has 0 radical (unpaired) electrons. The second-order valence-electron chi connectivity index (χ2n) is 5.05. The predicted octanol–water partition coefficient (Wildman–Crippen LogP) is 0.848. The number of hydrogen-bond donors (Lipinski definition) is 2. The van der Waals surface area contributed by atoms with Crippen LogP contribution in [0.25, 0.3) is 0 Å². The van der Waals surface area contributed by atoms with Crippen LogP contribution in [-0.2, 0) is 7.05 Å². The molecule has 0 aliphatic carbocycles. The third-order valence-corrected chi connectivity index (χ3v) is 3.58. The number of piperidine rings is 1. The largest absolute Gasteiger partial charge is 0.351 e. The number of aryl methyl sites for hydroxylation is 2. The maximum Gasteiger partial charge on any atom is 0.271 e. The van der Waals surface area contributed by atoms with E-state index in [1.807, 2.05) is 20.0 Å². The number of aromatic nitrogens is 2. The number of rotatable bonds is 4. The standard InChI is InChI=1S/C13H22N4O/c1-10-8-12(16-17(10)2)13(18)15-7-5-11-4-3-6-14-9-11/h8,11,14H,3-7,9H2,1-2H3,(H,15,18). The smallest absolute Gasteiger partial charge is 0.271 e. The molecule has 2 rings (SSSR count). The maximum atomic E-state index is 11.8. The van der Waals surface area contributed by atoms with Crippen molar-refractivity contribution < 1.29 is 4.79 Å². The summed E-state index contributed by atoms with van der Waals surface area (Å²) in [4.78, 5) is 11.8. The fourth-order valence-corrected chi connectivity index (χ4v) is 2.32. The van der Waals surface area contributed by atoms with Crippen LogP contribution in [0.2, 0.25) is 0 Å². The lowest BCUT2D eigenvalue weighted by atomic mass is 9.96. The Kier molecular flexibility index (Phi) is 4.36. The van der Waals surface area contributed by atoms with E-state index >= 15 is 0 Å². The van der Waals surface area contributed by atoms with Crippen molar-refractivity contribution >= 4 is 5.91 Å². The summed E-state index contributed by atoms with van der Waals surface area (Å²) >= 11 is 0. The van der Waals surface area contributed by atoms with Gasteiger partial charge in [-0.1, -0.05) is 0 Å². The lowest BCUT2D eigenvalue weighted by molar-refractivity contribution is 0.0945. The van der Waals surface area contributed by atoms with Gasteiger partial charge in [0, 0.05) is 19.3 Å². The van der Waals surface area contributed by atoms with E-state index in [4.69, 9.17) is 0 Å². The van der Waals surface area contributed by atoms with Gasteiger partial charge in [-0.25, -0.2) is 0 Å². The van der Waals surface area contributed by atoms with E-state index in [0.717, 1.165) is 31.7 Å². The van der Waals surface area contributed by atoms with Crippen LogP contribution in [0.5, 0.6) is 0 Å². The van der Waals surface area contributed by atoms with Gasteiger partial charge in [0.2, 0.25) is 0 Å². The molecule has 1 saturated heterocycles. The predicted molar refractivity (Wildman–Crippen MR) is 70.5 cm³/mol. The fraction of sp³-hybridized carbons (Fsp3) is 0.692. The monoisotopic (exact) mass is 250 g/mol. The Bertz CT molecular complexity index is 388. The van der Waals surface area contributed by atoms with Crippen LogP contribution >= 0.6 is 0 Å². The molecule has 1 aliphatic heterocycles. The van der Waals surface area contributed by atoms with Crippen LogP contribution in [0.3, 0.4) is 0 Å². The Labute approximate surface area is 108 Å². The summed E-state index contributed by atoms with van der Waals surface area (Å²) in [7, 11) is 1.85. The molecule has 2 N–H and O–H groups in total. The van der Waals surface area contributed by atoms with Gasteiger partial charge in [-0.2, -0.15) is 5.10 Å². The average molecular weight is 250 g/mol. The third-order valence-electron chi connectivity index (χ3n) is 3.58. The first-order valence-electron chi connectivity index (χ1n) is 6.66. The fourth-order valence-electron chi connectivity index (χ4n) is 2.32. The average Bonchev–Trinajstić information content (AvgIpc) is 2.71. The molecule has 0 aromatic carbocycles. The second kappa shape index (κ2) is 6.00. The van der Waals surface area contributed by atoms with E-state index in [2.05, 4.69) is 15.7 Å². The number of nitrogens with one attached hydrogen (secondary N) is 2. The van der Waals surface area contributed by atoms with Crippen molar-refractivity contribution in [2.45, 2.75) is 26.2 Å². The molecular weight excluding hydrogens is 228 g/mol. The molecule has 0 spiro atoms. The first-order chi connectivity index (χ1) is 8.66. The van der Waals surface area contributed by atoms with Gasteiger partial charge in [0.05, 0.1) is 0 Å². The lowest BCUT2D eigenvalue weighted by Gasteiger charge is -2.22. The summed E-state index contributed by atoms with van der Waals surface area (Å²) < 4.78 is 1.72. The highest BCUT2D eigenvalue weighted by molar-refractivity contribution is 5.92. The van der Waals surface area contributed by atoms with E-state index < -0.39 is 0 Å². The van der Waals surface area contributed by atoms with Crippen molar-refractivity contribution in [3.63, 3.8) is 0 Å². The van der Waals surface area contributed by atoms with Gasteiger partial charge < -0.3 is 10.6 Å². The number of hydrogen-bond acceptors (Lipinski definition) is 3. The van der Waals surface area contributed by atoms with Crippen molar-refractivity contribution in [2.75, 3.05) is 19.6 Å². The van der Waals surface area contributed by atoms with E-state index in [1.54, 1.807) is 4.68 Å². The van der Waals surface area contributed by atoms with Crippen molar-refractivity contribution in [3.8, 4) is 0 Å². The van der Waals surface area contributed by atoms with Gasteiger partial charge in [0.25, 0.3) is 5.91 Å². The van der Waals surface area contributed by atoms with E-state index in [0.29, 0.717) is 11.6 Å². The Morgan fingerprint density at radius 3 is 3.11 bits per heavy atom. The quantitative estimate of drug-likeness (QED) is 0.833. The SMILES string of the molecule is Cc1cc(C(=O)NCCC2CCCNC2)nn1C. The summed E-state index contributed by atoms with van der Waals surface area (Å²) in [6.45, 7) is 4.90. The van der Waals surface area contributed by atoms with Crippen molar-refractivity contribution in [1.29, 1.82) is 0 Å². The van der Waals surface area contributed by atoms with Crippen LogP contribution in [0, 0.1) is 12.8 Å². The minimum atomic E-state index is -0.0672. The topological polar surface area (TPSA) is 59.0 Å². The summed E-state index contributed by atoms with van der Waals surface area (Å²) in [6.07, 6.45) is 3.56. The first kappa shape index (κ1) is 13.1. The van der Waals surface area contributed by atoms with Crippen molar-refractivity contribution in [3.05, 3.63) is 17.5 Å². The number of nitrogens with zero attached hydrogens (tertiary/aromatic N) is 2. The highest BCUT2D eigenvalue weighted by Crippen LogP contribution is 2.13.